The molecule has 1 aliphatic rings. The third-order valence-corrected chi connectivity index (χ3v) is 4.94. The molecule has 0 heterocycles. The van der Waals surface area contributed by atoms with Gasteiger partial charge >= 0.3 is 0 Å². The van der Waals surface area contributed by atoms with Crippen LogP contribution in [0.25, 0.3) is 0 Å². The predicted molar refractivity (Wildman–Crippen MR) is 86.3 cm³/mol. The zero-order valence-corrected chi connectivity index (χ0v) is 13.8. The smallest absolute Gasteiger partial charge is 0.0247 e. The lowest BCUT2D eigenvalue weighted by atomic mass is 10.1. The standard InChI is InChI=1S/C17H26BrN/c1-14(2)11-12-19(16-8-4-5-9-16)13-15-7-3-6-10-17(15)18/h3,6-7,10,14,16H,4-5,8-9,11-13H2,1-2H3. The minimum Gasteiger partial charge on any atom is -0.296 e. The number of hydrogen-bond acceptors (Lipinski definition) is 1. The van der Waals surface area contributed by atoms with Gasteiger partial charge in [0.15, 0.2) is 0 Å². The molecule has 0 aliphatic heterocycles. The van der Waals surface area contributed by atoms with E-state index in [2.05, 4.69) is 58.9 Å². The second-order valence-electron chi connectivity index (χ2n) is 6.18. The van der Waals surface area contributed by atoms with Crippen LogP contribution in [0.1, 0.15) is 51.5 Å². The van der Waals surface area contributed by atoms with E-state index in [4.69, 9.17) is 0 Å². The molecule has 1 fully saturated rings. The lowest BCUT2D eigenvalue weighted by molar-refractivity contribution is 0.179. The van der Waals surface area contributed by atoms with Crippen molar-refractivity contribution in [2.75, 3.05) is 6.54 Å². The van der Waals surface area contributed by atoms with Gasteiger partial charge in [0.2, 0.25) is 0 Å². The van der Waals surface area contributed by atoms with Gasteiger partial charge in [0.25, 0.3) is 0 Å². The maximum atomic E-state index is 3.69. The Morgan fingerprint density at radius 1 is 1.21 bits per heavy atom. The number of hydrogen-bond donors (Lipinski definition) is 0. The quantitative estimate of drug-likeness (QED) is 0.692. The summed E-state index contributed by atoms with van der Waals surface area (Å²) in [5.41, 5.74) is 1.43. The van der Waals surface area contributed by atoms with Crippen LogP contribution in [0, 0.1) is 5.92 Å². The molecule has 0 aromatic heterocycles. The van der Waals surface area contributed by atoms with Gasteiger partial charge in [0.05, 0.1) is 0 Å². The van der Waals surface area contributed by atoms with E-state index in [-0.39, 0.29) is 0 Å². The van der Waals surface area contributed by atoms with Crippen molar-refractivity contribution in [1.29, 1.82) is 0 Å². The second-order valence-corrected chi connectivity index (χ2v) is 7.04. The minimum atomic E-state index is 0.795. The highest BCUT2D eigenvalue weighted by molar-refractivity contribution is 9.10. The summed E-state index contributed by atoms with van der Waals surface area (Å²) in [6, 6.07) is 9.47. The summed E-state index contributed by atoms with van der Waals surface area (Å²) < 4.78 is 1.25. The molecule has 0 unspecified atom stereocenters. The summed E-state index contributed by atoms with van der Waals surface area (Å²) in [6.07, 6.45) is 6.92. The van der Waals surface area contributed by atoms with Gasteiger partial charge in [-0.2, -0.15) is 0 Å². The number of benzene rings is 1. The average Bonchev–Trinajstić information content (AvgIpc) is 2.90. The van der Waals surface area contributed by atoms with Gasteiger partial charge in [-0.15, -0.1) is 0 Å². The van der Waals surface area contributed by atoms with Gasteiger partial charge in [0, 0.05) is 17.1 Å². The van der Waals surface area contributed by atoms with Crippen LogP contribution >= 0.6 is 15.9 Å². The Labute approximate surface area is 126 Å². The SMILES string of the molecule is CC(C)CCN(Cc1ccccc1Br)C1CCCC1. The Hall–Kier alpha value is -0.340. The van der Waals surface area contributed by atoms with E-state index in [1.54, 1.807) is 0 Å². The number of nitrogens with zero attached hydrogens (tertiary/aromatic N) is 1. The van der Waals surface area contributed by atoms with E-state index in [0.29, 0.717) is 0 Å². The molecule has 1 aromatic rings. The van der Waals surface area contributed by atoms with Crippen molar-refractivity contribution in [2.24, 2.45) is 5.92 Å². The molecule has 1 saturated carbocycles. The average molecular weight is 324 g/mol. The topological polar surface area (TPSA) is 3.24 Å². The summed E-state index contributed by atoms with van der Waals surface area (Å²) >= 11 is 3.69. The lowest BCUT2D eigenvalue weighted by Crippen LogP contribution is -2.34. The number of rotatable bonds is 6. The monoisotopic (exact) mass is 323 g/mol. The van der Waals surface area contributed by atoms with E-state index < -0.39 is 0 Å². The summed E-state index contributed by atoms with van der Waals surface area (Å²) in [5.74, 6) is 0.795. The highest BCUT2D eigenvalue weighted by atomic mass is 79.9. The summed E-state index contributed by atoms with van der Waals surface area (Å²) in [7, 11) is 0. The summed E-state index contributed by atoms with van der Waals surface area (Å²) in [6.45, 7) is 6.99. The number of halogens is 1. The van der Waals surface area contributed by atoms with Crippen molar-refractivity contribution < 1.29 is 0 Å². The van der Waals surface area contributed by atoms with Crippen molar-refractivity contribution in [1.82, 2.24) is 4.90 Å². The van der Waals surface area contributed by atoms with Crippen molar-refractivity contribution in [3.63, 3.8) is 0 Å². The predicted octanol–water partition coefficient (Wildman–Crippen LogP) is 5.24. The van der Waals surface area contributed by atoms with Gasteiger partial charge in [-0.05, 0) is 43.4 Å². The first-order valence-corrected chi connectivity index (χ1v) is 8.43. The lowest BCUT2D eigenvalue weighted by Gasteiger charge is -2.30. The Morgan fingerprint density at radius 2 is 1.89 bits per heavy atom. The molecule has 1 aliphatic carbocycles. The highest BCUT2D eigenvalue weighted by Gasteiger charge is 2.22. The first kappa shape index (κ1) is 15.1. The molecule has 106 valence electrons. The van der Waals surface area contributed by atoms with Crippen LogP contribution < -0.4 is 0 Å². The molecule has 0 saturated heterocycles. The summed E-state index contributed by atoms with van der Waals surface area (Å²) in [5, 5.41) is 0. The molecule has 1 aromatic carbocycles. The van der Waals surface area contributed by atoms with Crippen LogP contribution in [0.4, 0.5) is 0 Å². The molecule has 0 bridgehead atoms. The molecule has 2 rings (SSSR count). The third kappa shape index (κ3) is 4.61. The van der Waals surface area contributed by atoms with Crippen LogP contribution in [-0.4, -0.2) is 17.5 Å². The first-order chi connectivity index (χ1) is 9.16. The van der Waals surface area contributed by atoms with Crippen LogP contribution in [-0.2, 0) is 6.54 Å². The van der Waals surface area contributed by atoms with Gasteiger partial charge in [0.1, 0.15) is 0 Å². The molecular formula is C17H26BrN. The Bertz CT molecular complexity index is 383. The summed E-state index contributed by atoms with van der Waals surface area (Å²) in [4.78, 5) is 2.72. The van der Waals surface area contributed by atoms with E-state index in [9.17, 15) is 0 Å². The Morgan fingerprint density at radius 3 is 2.53 bits per heavy atom. The normalized spacial score (nSPS) is 16.7. The minimum absolute atomic E-state index is 0.795. The Kier molecular flexibility index (Phi) is 5.90. The molecule has 0 radical (unpaired) electrons. The van der Waals surface area contributed by atoms with Gasteiger partial charge in [-0.1, -0.05) is 60.8 Å². The van der Waals surface area contributed by atoms with E-state index in [1.807, 2.05) is 0 Å². The fraction of sp³-hybridized carbons (Fsp3) is 0.647. The maximum absolute atomic E-state index is 3.69. The van der Waals surface area contributed by atoms with E-state index in [1.165, 1.54) is 48.7 Å². The molecule has 0 amide bonds. The van der Waals surface area contributed by atoms with Crippen LogP contribution in [0.5, 0.6) is 0 Å². The van der Waals surface area contributed by atoms with Crippen molar-refractivity contribution in [3.8, 4) is 0 Å². The van der Waals surface area contributed by atoms with E-state index in [0.717, 1.165) is 18.5 Å². The fourth-order valence-electron chi connectivity index (χ4n) is 2.93. The molecule has 2 heteroatoms. The molecule has 0 N–H and O–H groups in total. The fourth-order valence-corrected chi connectivity index (χ4v) is 3.34. The molecule has 0 atom stereocenters. The van der Waals surface area contributed by atoms with Gasteiger partial charge in [-0.25, -0.2) is 0 Å². The second kappa shape index (κ2) is 7.44. The molecule has 0 spiro atoms. The van der Waals surface area contributed by atoms with E-state index >= 15 is 0 Å². The van der Waals surface area contributed by atoms with Crippen molar-refractivity contribution in [2.45, 2.75) is 58.5 Å². The largest absolute Gasteiger partial charge is 0.296 e. The molecule has 19 heavy (non-hydrogen) atoms. The van der Waals surface area contributed by atoms with Gasteiger partial charge in [-0.3, -0.25) is 4.90 Å². The molecular weight excluding hydrogens is 298 g/mol. The van der Waals surface area contributed by atoms with Gasteiger partial charge < -0.3 is 0 Å². The zero-order chi connectivity index (χ0) is 13.7. The zero-order valence-electron chi connectivity index (χ0n) is 12.2. The maximum Gasteiger partial charge on any atom is 0.0247 e. The van der Waals surface area contributed by atoms with Crippen LogP contribution in [0.3, 0.4) is 0 Å². The third-order valence-electron chi connectivity index (χ3n) is 4.17. The Balaban J connectivity index is 2.02. The van der Waals surface area contributed by atoms with Crippen LogP contribution in [0.2, 0.25) is 0 Å². The van der Waals surface area contributed by atoms with Crippen LogP contribution in [0.15, 0.2) is 28.7 Å². The van der Waals surface area contributed by atoms with Crippen molar-refractivity contribution >= 4 is 15.9 Å². The highest BCUT2D eigenvalue weighted by Crippen LogP contribution is 2.27. The van der Waals surface area contributed by atoms with Crippen molar-refractivity contribution in [3.05, 3.63) is 34.3 Å². The molecule has 1 nitrogen and oxygen atoms in total. The first-order valence-electron chi connectivity index (χ1n) is 7.64.